The van der Waals surface area contributed by atoms with Gasteiger partial charge in [0, 0.05) is 0 Å². The molecule has 0 saturated heterocycles. The lowest BCUT2D eigenvalue weighted by molar-refractivity contribution is -0.146. The van der Waals surface area contributed by atoms with Gasteiger partial charge in [-0.25, -0.2) is 4.79 Å². The van der Waals surface area contributed by atoms with Crippen LogP contribution >= 0.6 is 0 Å². The lowest BCUT2D eigenvalue weighted by Crippen LogP contribution is -2.15. The number of carbonyl (C=O) groups excluding carboxylic acids is 1. The Balaban J connectivity index is 2.52. The number of hydrogen-bond acceptors (Lipinski definition) is 5. The van der Waals surface area contributed by atoms with Crippen molar-refractivity contribution in [3.8, 4) is 0 Å². The first-order valence-corrected chi connectivity index (χ1v) is 4.90. The highest BCUT2D eigenvalue weighted by molar-refractivity contribution is 5.87. The summed E-state index contributed by atoms with van der Waals surface area (Å²) in [7, 11) is 0. The Kier molecular flexibility index (Phi) is 2.89. The van der Waals surface area contributed by atoms with Crippen LogP contribution in [0.25, 0.3) is 5.65 Å². The predicted molar refractivity (Wildman–Crippen MR) is 51.7 cm³/mol. The van der Waals surface area contributed by atoms with Crippen molar-refractivity contribution < 1.29 is 22.7 Å². The van der Waals surface area contributed by atoms with E-state index in [1.807, 2.05) is 0 Å². The van der Waals surface area contributed by atoms with Crippen molar-refractivity contribution in [2.45, 2.75) is 13.1 Å². The molecule has 0 unspecified atom stereocenters. The third kappa shape index (κ3) is 2.11. The van der Waals surface area contributed by atoms with Crippen LogP contribution in [0, 0.1) is 0 Å². The van der Waals surface area contributed by atoms with Crippen LogP contribution in [0.1, 0.15) is 23.2 Å². The zero-order chi connectivity index (χ0) is 13.3. The maximum Gasteiger partial charge on any atom is 0.453 e. The number of ether oxygens (including phenoxy) is 1. The van der Waals surface area contributed by atoms with E-state index in [9.17, 15) is 18.0 Å². The molecule has 0 spiro atoms. The minimum absolute atomic E-state index is 0.102. The Morgan fingerprint density at radius 3 is 2.72 bits per heavy atom. The van der Waals surface area contributed by atoms with E-state index in [1.54, 1.807) is 6.92 Å². The Morgan fingerprint density at radius 2 is 2.11 bits per heavy atom. The second-order valence-corrected chi connectivity index (χ2v) is 3.23. The number of esters is 1. The molecule has 0 aliphatic carbocycles. The molecule has 0 atom stereocenters. The number of nitrogens with zero attached hydrogens (tertiary/aromatic N) is 4. The Morgan fingerprint density at radius 1 is 1.39 bits per heavy atom. The molecule has 2 aromatic heterocycles. The second kappa shape index (κ2) is 4.24. The standard InChI is InChI=1S/C9H7F3N4O2/c1-2-18-7(17)5-3-4-6-13-14-8(9(10,11)12)16(6)15-5/h3-4H,2H2,1H3. The van der Waals surface area contributed by atoms with Crippen LogP contribution in [0.15, 0.2) is 12.1 Å². The molecule has 2 aromatic rings. The first-order chi connectivity index (χ1) is 8.43. The molecule has 0 radical (unpaired) electrons. The van der Waals surface area contributed by atoms with Gasteiger partial charge in [-0.15, -0.1) is 10.2 Å². The normalized spacial score (nSPS) is 11.8. The van der Waals surface area contributed by atoms with E-state index < -0.39 is 18.0 Å². The molecular weight excluding hydrogens is 253 g/mol. The van der Waals surface area contributed by atoms with E-state index >= 15 is 0 Å². The molecule has 0 saturated carbocycles. The lowest BCUT2D eigenvalue weighted by atomic mass is 10.4. The SMILES string of the molecule is CCOC(=O)c1ccc2nnc(C(F)(F)F)n2n1. The molecule has 96 valence electrons. The summed E-state index contributed by atoms with van der Waals surface area (Å²) in [6.07, 6.45) is -4.69. The van der Waals surface area contributed by atoms with Crippen LogP contribution in [-0.4, -0.2) is 32.4 Å². The molecule has 0 amide bonds. The van der Waals surface area contributed by atoms with Crippen LogP contribution in [0.5, 0.6) is 0 Å². The van der Waals surface area contributed by atoms with Gasteiger partial charge in [0.2, 0.25) is 0 Å². The summed E-state index contributed by atoms with van der Waals surface area (Å²) < 4.78 is 42.8. The van der Waals surface area contributed by atoms with E-state index in [0.29, 0.717) is 4.52 Å². The average Bonchev–Trinajstić information content (AvgIpc) is 2.71. The first-order valence-electron chi connectivity index (χ1n) is 4.90. The fourth-order valence-electron chi connectivity index (χ4n) is 1.28. The molecule has 0 aromatic carbocycles. The van der Waals surface area contributed by atoms with Crippen LogP contribution in [-0.2, 0) is 10.9 Å². The Bertz CT molecular complexity index is 593. The molecule has 6 nitrogen and oxygen atoms in total. The van der Waals surface area contributed by atoms with Gasteiger partial charge in [0.15, 0.2) is 11.3 Å². The van der Waals surface area contributed by atoms with E-state index in [4.69, 9.17) is 0 Å². The van der Waals surface area contributed by atoms with Gasteiger partial charge in [0.1, 0.15) is 0 Å². The fourth-order valence-corrected chi connectivity index (χ4v) is 1.28. The average molecular weight is 260 g/mol. The third-order valence-electron chi connectivity index (χ3n) is 2.00. The molecular formula is C9H7F3N4O2. The van der Waals surface area contributed by atoms with Gasteiger partial charge in [0.25, 0.3) is 5.82 Å². The third-order valence-corrected chi connectivity index (χ3v) is 2.00. The highest BCUT2D eigenvalue weighted by atomic mass is 19.4. The van der Waals surface area contributed by atoms with E-state index in [0.717, 1.165) is 0 Å². The summed E-state index contributed by atoms with van der Waals surface area (Å²) in [4.78, 5) is 11.4. The molecule has 0 bridgehead atoms. The zero-order valence-corrected chi connectivity index (χ0v) is 9.10. The number of alkyl halides is 3. The van der Waals surface area contributed by atoms with Gasteiger partial charge in [-0.3, -0.25) is 0 Å². The van der Waals surface area contributed by atoms with E-state index in [-0.39, 0.29) is 17.9 Å². The summed E-state index contributed by atoms with van der Waals surface area (Å²) in [5.41, 5.74) is -0.343. The smallest absolute Gasteiger partial charge is 0.453 e. The number of carbonyl (C=O) groups is 1. The first kappa shape index (κ1) is 12.3. The minimum atomic E-state index is -4.69. The van der Waals surface area contributed by atoms with Gasteiger partial charge >= 0.3 is 12.1 Å². The number of hydrogen-bond donors (Lipinski definition) is 0. The fraction of sp³-hybridized carbons (Fsp3) is 0.333. The number of fused-ring (bicyclic) bond motifs is 1. The lowest BCUT2D eigenvalue weighted by Gasteiger charge is -2.04. The van der Waals surface area contributed by atoms with Crippen molar-refractivity contribution in [3.63, 3.8) is 0 Å². The second-order valence-electron chi connectivity index (χ2n) is 3.23. The van der Waals surface area contributed by atoms with Crippen molar-refractivity contribution >= 4 is 11.6 Å². The Hall–Kier alpha value is -2.19. The highest BCUT2D eigenvalue weighted by Crippen LogP contribution is 2.27. The maximum absolute atomic E-state index is 12.6. The van der Waals surface area contributed by atoms with Crippen molar-refractivity contribution in [2.75, 3.05) is 6.61 Å². The number of aromatic nitrogens is 4. The number of rotatable bonds is 2. The maximum atomic E-state index is 12.6. The van der Waals surface area contributed by atoms with Crippen LogP contribution in [0.2, 0.25) is 0 Å². The summed E-state index contributed by atoms with van der Waals surface area (Å²) in [5.74, 6) is -2.09. The molecule has 0 aliphatic heterocycles. The molecule has 0 N–H and O–H groups in total. The largest absolute Gasteiger partial charge is 0.461 e. The van der Waals surface area contributed by atoms with Gasteiger partial charge < -0.3 is 4.74 Å². The molecule has 9 heteroatoms. The monoisotopic (exact) mass is 260 g/mol. The quantitative estimate of drug-likeness (QED) is 0.761. The highest BCUT2D eigenvalue weighted by Gasteiger charge is 2.37. The summed E-state index contributed by atoms with van der Waals surface area (Å²) >= 11 is 0. The van der Waals surface area contributed by atoms with Gasteiger partial charge in [-0.2, -0.15) is 22.8 Å². The molecule has 0 fully saturated rings. The molecule has 0 aliphatic rings. The van der Waals surface area contributed by atoms with Crippen LogP contribution in [0.3, 0.4) is 0 Å². The minimum Gasteiger partial charge on any atom is -0.461 e. The Labute approximate surface area is 98.4 Å². The van der Waals surface area contributed by atoms with Gasteiger partial charge in [0.05, 0.1) is 6.61 Å². The van der Waals surface area contributed by atoms with Crippen molar-refractivity contribution in [1.82, 2.24) is 19.8 Å². The topological polar surface area (TPSA) is 69.4 Å². The van der Waals surface area contributed by atoms with Gasteiger partial charge in [-0.1, -0.05) is 0 Å². The molecule has 2 heterocycles. The van der Waals surface area contributed by atoms with E-state index in [1.165, 1.54) is 12.1 Å². The van der Waals surface area contributed by atoms with Crippen LogP contribution < -0.4 is 0 Å². The van der Waals surface area contributed by atoms with Gasteiger partial charge in [-0.05, 0) is 19.1 Å². The molecule has 2 rings (SSSR count). The van der Waals surface area contributed by atoms with Crippen molar-refractivity contribution in [2.24, 2.45) is 0 Å². The van der Waals surface area contributed by atoms with E-state index in [2.05, 4.69) is 20.0 Å². The summed E-state index contributed by atoms with van der Waals surface area (Å²) in [6, 6.07) is 2.43. The number of halogens is 3. The van der Waals surface area contributed by atoms with Crippen molar-refractivity contribution in [3.05, 3.63) is 23.7 Å². The van der Waals surface area contributed by atoms with Crippen LogP contribution in [0.4, 0.5) is 13.2 Å². The predicted octanol–water partition coefficient (Wildman–Crippen LogP) is 1.32. The van der Waals surface area contributed by atoms with Crippen molar-refractivity contribution in [1.29, 1.82) is 0 Å². The molecule has 18 heavy (non-hydrogen) atoms. The zero-order valence-electron chi connectivity index (χ0n) is 9.10. The summed E-state index contributed by atoms with van der Waals surface area (Å²) in [5, 5.41) is 9.81. The summed E-state index contributed by atoms with van der Waals surface area (Å²) in [6.45, 7) is 1.68.